The van der Waals surface area contributed by atoms with Gasteiger partial charge in [0.05, 0.1) is 0 Å². The molecule has 0 nitrogen and oxygen atoms in total. The van der Waals surface area contributed by atoms with Crippen molar-refractivity contribution >= 4 is 0 Å². The maximum atomic E-state index is 3.56. The molecule has 3 fully saturated rings. The summed E-state index contributed by atoms with van der Waals surface area (Å²) in [5.41, 5.74) is 4.26. The molecule has 0 aliphatic heterocycles. The summed E-state index contributed by atoms with van der Waals surface area (Å²) in [4.78, 5) is 0. The van der Waals surface area contributed by atoms with Crippen LogP contribution in [0.5, 0.6) is 0 Å². The molecule has 33 heavy (non-hydrogen) atoms. The number of hydrogen-bond donors (Lipinski definition) is 0. The van der Waals surface area contributed by atoms with Crippen molar-refractivity contribution in [2.45, 2.75) is 139 Å². The van der Waals surface area contributed by atoms with Crippen molar-refractivity contribution in [3.63, 3.8) is 0 Å². The fourth-order valence-electron chi connectivity index (χ4n) is 8.72. The van der Waals surface area contributed by atoms with E-state index in [9.17, 15) is 0 Å². The first kappa shape index (κ1) is 28.7. The predicted octanol–water partition coefficient (Wildman–Crippen LogP) is 11.0. The van der Waals surface area contributed by atoms with Crippen LogP contribution in [0, 0.1) is 46.3 Å². The van der Waals surface area contributed by atoms with Gasteiger partial charge in [0.2, 0.25) is 0 Å². The van der Waals surface area contributed by atoms with Crippen molar-refractivity contribution in [2.75, 3.05) is 0 Å². The minimum absolute atomic E-state index is 0.573. The molecular formula is C33H60. The number of allylic oxidation sites excluding steroid dienone is 3. The van der Waals surface area contributed by atoms with E-state index in [4.69, 9.17) is 0 Å². The van der Waals surface area contributed by atoms with Crippen molar-refractivity contribution in [3.8, 4) is 0 Å². The Hall–Kier alpha value is -0.520. The molecule has 4 rings (SSSR count). The first-order chi connectivity index (χ1) is 15.6. The van der Waals surface area contributed by atoms with E-state index < -0.39 is 0 Å². The molecule has 0 heteroatoms. The average Bonchev–Trinajstić information content (AvgIpc) is 3.11. The number of rotatable bonds is 5. The third kappa shape index (κ3) is 6.38. The third-order valence-electron chi connectivity index (χ3n) is 10.2. The van der Waals surface area contributed by atoms with Gasteiger partial charge in [0, 0.05) is 0 Å². The van der Waals surface area contributed by atoms with Crippen LogP contribution in [-0.2, 0) is 0 Å². The fraction of sp³-hybridized carbons (Fsp3) is 0.879. The van der Waals surface area contributed by atoms with Crippen LogP contribution in [0.2, 0.25) is 0 Å². The fourth-order valence-corrected chi connectivity index (χ4v) is 8.72. The summed E-state index contributed by atoms with van der Waals surface area (Å²) in [6.07, 6.45) is 20.5. The summed E-state index contributed by atoms with van der Waals surface area (Å²) in [6.45, 7) is 24.3. The topological polar surface area (TPSA) is 0 Å². The Morgan fingerprint density at radius 3 is 2.27 bits per heavy atom. The molecule has 0 aromatic rings. The Morgan fingerprint density at radius 2 is 1.64 bits per heavy atom. The number of fused-ring (bicyclic) bond motifs is 5. The third-order valence-corrected chi connectivity index (χ3v) is 10.2. The second kappa shape index (κ2) is 12.4. The Labute approximate surface area is 209 Å². The molecule has 0 bridgehead atoms. The van der Waals surface area contributed by atoms with Crippen LogP contribution in [0.1, 0.15) is 139 Å². The summed E-state index contributed by atoms with van der Waals surface area (Å²) in [7, 11) is 0. The quantitative estimate of drug-likeness (QED) is 0.361. The van der Waals surface area contributed by atoms with Gasteiger partial charge in [0.25, 0.3) is 0 Å². The number of hydrogen-bond acceptors (Lipinski definition) is 0. The second-order valence-corrected chi connectivity index (χ2v) is 13.2. The first-order valence-electron chi connectivity index (χ1n) is 14.9. The molecule has 0 radical (unpaired) electrons. The molecule has 192 valence electrons. The first-order valence-corrected chi connectivity index (χ1v) is 14.9. The molecule has 0 aromatic carbocycles. The van der Waals surface area contributed by atoms with Crippen molar-refractivity contribution in [3.05, 3.63) is 23.8 Å². The van der Waals surface area contributed by atoms with Gasteiger partial charge in [-0.2, -0.15) is 0 Å². The molecule has 0 amide bonds. The smallest absolute Gasteiger partial charge is 0.00853 e. The minimum atomic E-state index is 0.573. The van der Waals surface area contributed by atoms with Gasteiger partial charge in [0.15, 0.2) is 0 Å². The summed E-state index contributed by atoms with van der Waals surface area (Å²) < 4.78 is 0. The summed E-state index contributed by atoms with van der Waals surface area (Å²) in [6, 6.07) is 0. The zero-order valence-corrected chi connectivity index (χ0v) is 24.2. The van der Waals surface area contributed by atoms with E-state index in [2.05, 4.69) is 47.3 Å². The Balaban J connectivity index is 0.000000582. The van der Waals surface area contributed by atoms with E-state index in [1.54, 1.807) is 0 Å². The van der Waals surface area contributed by atoms with Gasteiger partial charge < -0.3 is 0 Å². The maximum Gasteiger partial charge on any atom is -0.00853 e. The zero-order chi connectivity index (χ0) is 24.8. The highest BCUT2D eigenvalue weighted by molar-refractivity contribution is 5.24. The highest BCUT2D eigenvalue weighted by Gasteiger charge is 2.58. The summed E-state index contributed by atoms with van der Waals surface area (Å²) in [5, 5.41) is 0. The largest absolute Gasteiger partial charge is 0.100 e. The van der Waals surface area contributed by atoms with Crippen LogP contribution in [0.4, 0.5) is 0 Å². The molecule has 0 spiro atoms. The average molecular weight is 457 g/mol. The van der Waals surface area contributed by atoms with E-state index in [0.717, 1.165) is 35.5 Å². The molecule has 4 aliphatic rings. The summed E-state index contributed by atoms with van der Waals surface area (Å²) >= 11 is 0. The normalized spacial score (nSPS) is 37.8. The highest BCUT2D eigenvalue weighted by Crippen LogP contribution is 2.67. The van der Waals surface area contributed by atoms with Crippen LogP contribution < -0.4 is 0 Å². The highest BCUT2D eigenvalue weighted by atomic mass is 14.6. The van der Waals surface area contributed by atoms with E-state index in [0.29, 0.717) is 10.8 Å². The van der Waals surface area contributed by atoms with E-state index in [1.807, 2.05) is 33.3 Å². The summed E-state index contributed by atoms with van der Waals surface area (Å²) in [5.74, 6) is 5.84. The Bertz CT molecular complexity index is 634. The molecule has 0 heterocycles. The Kier molecular flexibility index (Phi) is 10.8. The van der Waals surface area contributed by atoms with E-state index in [1.165, 1.54) is 82.6 Å². The van der Waals surface area contributed by atoms with Gasteiger partial charge in [0.1, 0.15) is 0 Å². The van der Waals surface area contributed by atoms with Crippen LogP contribution in [-0.4, -0.2) is 0 Å². The standard InChI is InChI=1S/C27H46.C4H8.C2H6/c1-19(2)9-8-10-20(3)23-14-15-24-22-13-12-21-11-6-7-17-26(21,4)25(22)16-18-27(23,24)5;1-4(2)3;1-2/h12,19-20,22-25H,6-11,13-18H2,1-5H3;1H2,2-3H3;1-2H3/t20-,22?,23?,24?,25?,26?,27?;;/m1../s1. The molecule has 0 aromatic heterocycles. The van der Waals surface area contributed by atoms with Gasteiger partial charge in [-0.25, -0.2) is 0 Å². The maximum absolute atomic E-state index is 3.56. The van der Waals surface area contributed by atoms with Gasteiger partial charge in [-0.15, -0.1) is 6.58 Å². The van der Waals surface area contributed by atoms with Crippen LogP contribution >= 0.6 is 0 Å². The zero-order valence-electron chi connectivity index (χ0n) is 24.2. The molecular weight excluding hydrogens is 396 g/mol. The van der Waals surface area contributed by atoms with Gasteiger partial charge in [-0.1, -0.05) is 91.4 Å². The molecule has 4 aliphatic carbocycles. The lowest BCUT2D eigenvalue weighted by molar-refractivity contribution is -0.0500. The molecule has 6 unspecified atom stereocenters. The van der Waals surface area contributed by atoms with Crippen LogP contribution in [0.25, 0.3) is 0 Å². The van der Waals surface area contributed by atoms with E-state index >= 15 is 0 Å². The molecule has 0 N–H and O–H groups in total. The van der Waals surface area contributed by atoms with Gasteiger partial charge in [-0.05, 0) is 112 Å². The monoisotopic (exact) mass is 456 g/mol. The lowest BCUT2D eigenvalue weighted by Gasteiger charge is -2.58. The van der Waals surface area contributed by atoms with Crippen molar-refractivity contribution in [1.29, 1.82) is 0 Å². The molecule has 0 saturated heterocycles. The molecule has 7 atom stereocenters. The van der Waals surface area contributed by atoms with Crippen LogP contribution in [0.3, 0.4) is 0 Å². The molecule has 3 saturated carbocycles. The van der Waals surface area contributed by atoms with Crippen molar-refractivity contribution < 1.29 is 0 Å². The lowest BCUT2D eigenvalue weighted by Crippen LogP contribution is -2.50. The van der Waals surface area contributed by atoms with Crippen molar-refractivity contribution in [1.82, 2.24) is 0 Å². The van der Waals surface area contributed by atoms with E-state index in [-0.39, 0.29) is 0 Å². The van der Waals surface area contributed by atoms with Crippen LogP contribution in [0.15, 0.2) is 23.8 Å². The van der Waals surface area contributed by atoms with Crippen molar-refractivity contribution in [2.24, 2.45) is 46.3 Å². The second-order valence-electron chi connectivity index (χ2n) is 13.2. The Morgan fingerprint density at radius 1 is 0.970 bits per heavy atom. The predicted molar refractivity (Wildman–Crippen MR) is 149 cm³/mol. The van der Waals surface area contributed by atoms with Gasteiger partial charge in [-0.3, -0.25) is 0 Å². The van der Waals surface area contributed by atoms with Gasteiger partial charge >= 0.3 is 0 Å². The SMILES string of the molecule is C=C(C)C.CC.CC(C)CCC[C@@H](C)C1CCC2C3CC=C4CCCCC4(C)C3CCC21C. The lowest BCUT2D eigenvalue weighted by atomic mass is 9.47. The minimum Gasteiger partial charge on any atom is -0.100 e.